The number of hydrogen-bond acceptors (Lipinski definition) is 2. The highest BCUT2D eigenvalue weighted by Crippen LogP contribution is 2.27. The van der Waals surface area contributed by atoms with Gasteiger partial charge in [-0.15, -0.1) is 0 Å². The Morgan fingerprint density at radius 3 is 2.80 bits per heavy atom. The summed E-state index contributed by atoms with van der Waals surface area (Å²) < 4.78 is 6.22. The second-order valence-corrected chi connectivity index (χ2v) is 4.17. The fraction of sp³-hybridized carbons (Fsp3) is 0.182. The van der Waals surface area contributed by atoms with E-state index in [-0.39, 0.29) is 5.76 Å². The lowest BCUT2D eigenvalue weighted by Gasteiger charge is -1.98. The van der Waals surface area contributed by atoms with E-state index in [1.165, 1.54) is 0 Å². The molecule has 78 valence electrons. The van der Waals surface area contributed by atoms with E-state index in [9.17, 15) is 4.79 Å². The van der Waals surface area contributed by atoms with Gasteiger partial charge in [0.05, 0.1) is 0 Å². The smallest absolute Gasteiger partial charge is 0.371 e. The molecule has 2 aromatic rings. The van der Waals surface area contributed by atoms with Gasteiger partial charge in [-0.25, -0.2) is 4.79 Å². The van der Waals surface area contributed by atoms with Crippen molar-refractivity contribution in [3.05, 3.63) is 34.0 Å². The van der Waals surface area contributed by atoms with Crippen LogP contribution in [0.1, 0.15) is 23.0 Å². The van der Waals surface area contributed by atoms with Crippen molar-refractivity contribution in [1.29, 1.82) is 0 Å². The second-order valence-electron chi connectivity index (χ2n) is 3.25. The Balaban J connectivity index is 2.74. The van der Waals surface area contributed by atoms with Crippen LogP contribution in [0.2, 0.25) is 0 Å². The van der Waals surface area contributed by atoms with Crippen LogP contribution < -0.4 is 0 Å². The van der Waals surface area contributed by atoms with Gasteiger partial charge in [-0.05, 0) is 30.2 Å². The predicted octanol–water partition coefficient (Wildman–Crippen LogP) is 3.46. The van der Waals surface area contributed by atoms with Gasteiger partial charge in [-0.3, -0.25) is 0 Å². The number of rotatable bonds is 2. The van der Waals surface area contributed by atoms with E-state index >= 15 is 0 Å². The summed E-state index contributed by atoms with van der Waals surface area (Å²) in [7, 11) is 0. The number of halogens is 1. The number of fused-ring (bicyclic) bond motifs is 1. The van der Waals surface area contributed by atoms with Gasteiger partial charge in [0.1, 0.15) is 5.58 Å². The summed E-state index contributed by atoms with van der Waals surface area (Å²) in [5, 5.41) is 9.63. The number of carboxylic acid groups (broad SMARTS) is 1. The van der Waals surface area contributed by atoms with Crippen LogP contribution in [-0.2, 0) is 6.42 Å². The van der Waals surface area contributed by atoms with E-state index < -0.39 is 5.97 Å². The molecule has 0 radical (unpaired) electrons. The maximum Gasteiger partial charge on any atom is 0.371 e. The maximum absolute atomic E-state index is 10.7. The Bertz CT molecular complexity index is 528. The highest BCUT2D eigenvalue weighted by atomic mass is 79.9. The third-order valence-electron chi connectivity index (χ3n) is 2.25. The molecule has 0 bridgehead atoms. The minimum Gasteiger partial charge on any atom is -0.475 e. The molecule has 1 aromatic heterocycles. The maximum atomic E-state index is 10.7. The zero-order chi connectivity index (χ0) is 11.0. The Kier molecular flexibility index (Phi) is 2.52. The first-order valence-electron chi connectivity index (χ1n) is 4.57. The van der Waals surface area contributed by atoms with E-state index in [0.29, 0.717) is 5.58 Å². The van der Waals surface area contributed by atoms with Gasteiger partial charge in [0, 0.05) is 9.86 Å². The molecule has 15 heavy (non-hydrogen) atoms. The molecule has 0 aliphatic heterocycles. The summed E-state index contributed by atoms with van der Waals surface area (Å²) in [4.78, 5) is 10.7. The quantitative estimate of drug-likeness (QED) is 0.908. The third kappa shape index (κ3) is 1.77. The summed E-state index contributed by atoms with van der Waals surface area (Å²) in [5.74, 6) is -1.05. The van der Waals surface area contributed by atoms with Gasteiger partial charge in [0.25, 0.3) is 0 Å². The monoisotopic (exact) mass is 268 g/mol. The number of carboxylic acids is 1. The zero-order valence-electron chi connectivity index (χ0n) is 8.08. The van der Waals surface area contributed by atoms with E-state index in [2.05, 4.69) is 15.9 Å². The van der Waals surface area contributed by atoms with E-state index in [0.717, 1.165) is 21.8 Å². The summed E-state index contributed by atoms with van der Waals surface area (Å²) in [6.45, 7) is 2.00. The molecule has 0 amide bonds. The number of aromatic carboxylic acids is 1. The van der Waals surface area contributed by atoms with Gasteiger partial charge < -0.3 is 9.52 Å². The minimum atomic E-state index is -1.04. The summed E-state index contributed by atoms with van der Waals surface area (Å²) in [6, 6.07) is 5.34. The van der Waals surface area contributed by atoms with Crippen molar-refractivity contribution in [3.63, 3.8) is 0 Å². The first-order valence-corrected chi connectivity index (χ1v) is 5.36. The fourth-order valence-electron chi connectivity index (χ4n) is 1.55. The van der Waals surface area contributed by atoms with Crippen molar-refractivity contribution in [2.24, 2.45) is 0 Å². The summed E-state index contributed by atoms with van der Waals surface area (Å²) in [5.41, 5.74) is 1.67. The molecule has 1 heterocycles. The molecular weight excluding hydrogens is 260 g/mol. The first kappa shape index (κ1) is 10.2. The van der Waals surface area contributed by atoms with Crippen molar-refractivity contribution < 1.29 is 14.3 Å². The average molecular weight is 269 g/mol. The lowest BCUT2D eigenvalue weighted by Crippen LogP contribution is -1.91. The number of benzene rings is 1. The molecule has 0 atom stereocenters. The molecule has 2 rings (SSSR count). The molecule has 0 aliphatic rings. The number of carbonyl (C=O) groups is 1. The van der Waals surface area contributed by atoms with Crippen molar-refractivity contribution >= 4 is 32.9 Å². The molecule has 0 unspecified atom stereocenters. The summed E-state index contributed by atoms with van der Waals surface area (Å²) >= 11 is 3.38. The third-order valence-corrected chi connectivity index (χ3v) is 2.71. The Morgan fingerprint density at radius 1 is 1.47 bits per heavy atom. The number of aryl methyl sites for hydroxylation is 1. The van der Waals surface area contributed by atoms with Crippen LogP contribution in [0.4, 0.5) is 0 Å². The van der Waals surface area contributed by atoms with Crippen LogP contribution in [0.25, 0.3) is 11.0 Å². The van der Waals surface area contributed by atoms with Crippen molar-refractivity contribution in [2.75, 3.05) is 0 Å². The molecule has 0 saturated carbocycles. The molecule has 0 spiro atoms. The zero-order valence-corrected chi connectivity index (χ0v) is 9.67. The van der Waals surface area contributed by atoms with Crippen LogP contribution >= 0.6 is 15.9 Å². The molecule has 0 aliphatic carbocycles. The van der Waals surface area contributed by atoms with Crippen molar-refractivity contribution in [2.45, 2.75) is 13.3 Å². The molecule has 0 fully saturated rings. The average Bonchev–Trinajstić information content (AvgIpc) is 2.59. The standard InChI is InChI=1S/C11H9BrO3/c1-2-6-3-8(12)4-7-5-9(11(13)14)15-10(6)7/h3-5H,2H2,1H3,(H,13,14). The largest absolute Gasteiger partial charge is 0.475 e. The Morgan fingerprint density at radius 2 is 2.20 bits per heavy atom. The van der Waals surface area contributed by atoms with Gasteiger partial charge in [-0.2, -0.15) is 0 Å². The van der Waals surface area contributed by atoms with E-state index in [1.54, 1.807) is 6.07 Å². The number of hydrogen-bond donors (Lipinski definition) is 1. The topological polar surface area (TPSA) is 50.4 Å². The van der Waals surface area contributed by atoms with Crippen LogP contribution in [0.5, 0.6) is 0 Å². The Hall–Kier alpha value is -1.29. The molecule has 1 N–H and O–H groups in total. The van der Waals surface area contributed by atoms with Crippen LogP contribution in [0.3, 0.4) is 0 Å². The minimum absolute atomic E-state index is 0.0159. The molecule has 4 heteroatoms. The SMILES string of the molecule is CCc1cc(Br)cc2cc(C(=O)O)oc12. The molecule has 1 aromatic carbocycles. The van der Waals surface area contributed by atoms with Gasteiger partial charge in [0.2, 0.25) is 5.76 Å². The van der Waals surface area contributed by atoms with Crippen LogP contribution in [-0.4, -0.2) is 11.1 Å². The normalized spacial score (nSPS) is 10.8. The fourth-order valence-corrected chi connectivity index (χ4v) is 2.08. The molecule has 0 saturated heterocycles. The second kappa shape index (κ2) is 3.70. The van der Waals surface area contributed by atoms with Crippen molar-refractivity contribution in [1.82, 2.24) is 0 Å². The molecular formula is C11H9BrO3. The molecule has 3 nitrogen and oxygen atoms in total. The Labute approximate surface area is 94.8 Å². The van der Waals surface area contributed by atoms with Crippen LogP contribution in [0.15, 0.2) is 27.1 Å². The van der Waals surface area contributed by atoms with Gasteiger partial charge >= 0.3 is 5.97 Å². The van der Waals surface area contributed by atoms with Gasteiger partial charge in [0.15, 0.2) is 0 Å². The highest BCUT2D eigenvalue weighted by Gasteiger charge is 2.13. The van der Waals surface area contributed by atoms with E-state index in [4.69, 9.17) is 9.52 Å². The van der Waals surface area contributed by atoms with E-state index in [1.807, 2.05) is 19.1 Å². The number of furan rings is 1. The van der Waals surface area contributed by atoms with Gasteiger partial charge in [-0.1, -0.05) is 22.9 Å². The lowest BCUT2D eigenvalue weighted by molar-refractivity contribution is 0.0665. The first-order chi connectivity index (χ1) is 7.11. The van der Waals surface area contributed by atoms with Crippen LogP contribution in [0, 0.1) is 0 Å². The lowest BCUT2D eigenvalue weighted by atomic mass is 10.1. The van der Waals surface area contributed by atoms with Crippen molar-refractivity contribution in [3.8, 4) is 0 Å². The summed E-state index contributed by atoms with van der Waals surface area (Å²) in [6.07, 6.45) is 0.808. The predicted molar refractivity (Wildman–Crippen MR) is 60.3 cm³/mol. The highest BCUT2D eigenvalue weighted by molar-refractivity contribution is 9.10.